The molecule has 1 aliphatic heterocycles. The Morgan fingerprint density at radius 2 is 1.78 bits per heavy atom. The van der Waals surface area contributed by atoms with Crippen LogP contribution >= 0.6 is 7.60 Å². The molecule has 106 valence electrons. The van der Waals surface area contributed by atoms with E-state index in [-0.39, 0.29) is 0 Å². The summed E-state index contributed by atoms with van der Waals surface area (Å²) in [6.45, 7) is 9.54. The normalized spacial score (nSPS) is 18.2. The Bertz CT molecular complexity index is 303. The van der Waals surface area contributed by atoms with Gasteiger partial charge >= 0.3 is 7.60 Å². The van der Waals surface area contributed by atoms with Gasteiger partial charge in [-0.1, -0.05) is 6.92 Å². The van der Waals surface area contributed by atoms with Gasteiger partial charge in [0.05, 0.1) is 26.4 Å². The molecule has 5 nitrogen and oxygen atoms in total. The molecule has 18 heavy (non-hydrogen) atoms. The Morgan fingerprint density at radius 1 is 1.22 bits per heavy atom. The Balaban J connectivity index is 2.81. The summed E-state index contributed by atoms with van der Waals surface area (Å²) in [5.41, 5.74) is 1.02. The van der Waals surface area contributed by atoms with Crippen LogP contribution in [-0.4, -0.2) is 44.4 Å². The molecule has 1 heterocycles. The van der Waals surface area contributed by atoms with Gasteiger partial charge < -0.3 is 18.7 Å². The molecular weight excluding hydrogens is 253 g/mol. The molecule has 0 radical (unpaired) electrons. The summed E-state index contributed by atoms with van der Waals surface area (Å²) < 4.78 is 28.3. The fourth-order valence-corrected chi connectivity index (χ4v) is 3.56. The SMILES string of the molecule is CCOP(=O)(/C=C(\CC)N1CCOCC1)OCC. The molecule has 0 aromatic heterocycles. The maximum Gasteiger partial charge on any atom is 0.355 e. The zero-order valence-corrected chi connectivity index (χ0v) is 12.4. The van der Waals surface area contributed by atoms with Crippen molar-refractivity contribution < 1.29 is 18.3 Å². The number of hydrogen-bond donors (Lipinski definition) is 0. The summed E-state index contributed by atoms with van der Waals surface area (Å²) in [6.07, 6.45) is 0.810. The van der Waals surface area contributed by atoms with Crippen LogP contribution < -0.4 is 0 Å². The van der Waals surface area contributed by atoms with Crippen molar-refractivity contribution >= 4 is 7.60 Å². The number of rotatable bonds is 7. The van der Waals surface area contributed by atoms with Crippen molar-refractivity contribution in [3.8, 4) is 0 Å². The van der Waals surface area contributed by atoms with Gasteiger partial charge in [-0.05, 0) is 20.3 Å². The van der Waals surface area contributed by atoms with Gasteiger partial charge in [-0.15, -0.1) is 0 Å². The highest BCUT2D eigenvalue weighted by molar-refractivity contribution is 7.57. The van der Waals surface area contributed by atoms with Gasteiger partial charge in [0.2, 0.25) is 0 Å². The lowest BCUT2D eigenvalue weighted by Crippen LogP contribution is -2.35. The van der Waals surface area contributed by atoms with Crippen molar-refractivity contribution in [3.05, 3.63) is 11.5 Å². The van der Waals surface area contributed by atoms with Gasteiger partial charge in [-0.25, -0.2) is 0 Å². The highest BCUT2D eigenvalue weighted by Gasteiger charge is 2.23. The zero-order chi connectivity index (χ0) is 13.4. The number of morpholine rings is 1. The van der Waals surface area contributed by atoms with E-state index in [9.17, 15) is 4.57 Å². The van der Waals surface area contributed by atoms with Gasteiger partial charge in [0.25, 0.3) is 0 Å². The van der Waals surface area contributed by atoms with Crippen molar-refractivity contribution in [2.24, 2.45) is 0 Å². The first-order valence-corrected chi connectivity index (χ1v) is 8.19. The third-order valence-electron chi connectivity index (χ3n) is 2.70. The minimum atomic E-state index is -3.10. The summed E-state index contributed by atoms with van der Waals surface area (Å²) in [5.74, 6) is 1.67. The van der Waals surface area contributed by atoms with E-state index >= 15 is 0 Å². The summed E-state index contributed by atoms with van der Waals surface area (Å²) in [4.78, 5) is 2.19. The molecule has 6 heteroatoms. The predicted molar refractivity (Wildman–Crippen MR) is 71.6 cm³/mol. The van der Waals surface area contributed by atoms with Crippen molar-refractivity contribution in [2.45, 2.75) is 27.2 Å². The van der Waals surface area contributed by atoms with Crippen LogP contribution in [0.25, 0.3) is 0 Å². The van der Waals surface area contributed by atoms with Crippen molar-refractivity contribution in [1.29, 1.82) is 0 Å². The number of nitrogens with zero attached hydrogens (tertiary/aromatic N) is 1. The smallest absolute Gasteiger partial charge is 0.355 e. The van der Waals surface area contributed by atoms with E-state index < -0.39 is 7.60 Å². The highest BCUT2D eigenvalue weighted by atomic mass is 31.2. The molecule has 0 spiro atoms. The lowest BCUT2D eigenvalue weighted by Gasteiger charge is -2.31. The van der Waals surface area contributed by atoms with E-state index in [4.69, 9.17) is 13.8 Å². The summed E-state index contributed by atoms with van der Waals surface area (Å²) in [6, 6.07) is 0. The van der Waals surface area contributed by atoms with E-state index in [0.717, 1.165) is 25.2 Å². The summed E-state index contributed by atoms with van der Waals surface area (Å²) >= 11 is 0. The molecule has 0 bridgehead atoms. The van der Waals surface area contributed by atoms with Gasteiger partial charge in [-0.3, -0.25) is 4.57 Å². The zero-order valence-electron chi connectivity index (χ0n) is 11.6. The Hall–Kier alpha value is -0.350. The van der Waals surface area contributed by atoms with Gasteiger partial charge in [0, 0.05) is 24.6 Å². The Labute approximate surface area is 110 Å². The number of ether oxygens (including phenoxy) is 1. The lowest BCUT2D eigenvalue weighted by atomic mass is 10.3. The third kappa shape index (κ3) is 4.73. The maximum atomic E-state index is 12.4. The van der Waals surface area contributed by atoms with E-state index in [1.807, 2.05) is 20.8 Å². The minimum absolute atomic E-state index is 0.383. The molecule has 1 aliphatic rings. The number of hydrogen-bond acceptors (Lipinski definition) is 5. The Kier molecular flexibility index (Phi) is 6.94. The monoisotopic (exact) mass is 277 g/mol. The highest BCUT2D eigenvalue weighted by Crippen LogP contribution is 2.51. The largest absolute Gasteiger partial charge is 0.378 e. The second-order valence-corrected chi connectivity index (χ2v) is 5.80. The molecule has 1 fully saturated rings. The Morgan fingerprint density at radius 3 is 2.22 bits per heavy atom. The predicted octanol–water partition coefficient (Wildman–Crippen LogP) is 2.84. The summed E-state index contributed by atoms with van der Waals surface area (Å²) in [7, 11) is -3.10. The van der Waals surface area contributed by atoms with Crippen LogP contribution in [0.3, 0.4) is 0 Å². The summed E-state index contributed by atoms with van der Waals surface area (Å²) in [5, 5.41) is 0. The first kappa shape index (κ1) is 15.7. The first-order chi connectivity index (χ1) is 8.65. The molecule has 1 rings (SSSR count). The van der Waals surface area contributed by atoms with Gasteiger partial charge in [0.1, 0.15) is 0 Å². The molecule has 0 aliphatic carbocycles. The van der Waals surface area contributed by atoms with Crippen molar-refractivity contribution in [3.63, 3.8) is 0 Å². The van der Waals surface area contributed by atoms with Crippen molar-refractivity contribution in [1.82, 2.24) is 4.90 Å². The van der Waals surface area contributed by atoms with E-state index in [1.54, 1.807) is 5.82 Å². The third-order valence-corrected chi connectivity index (χ3v) is 4.56. The average molecular weight is 277 g/mol. The molecule has 0 saturated carbocycles. The molecule has 0 N–H and O–H groups in total. The van der Waals surface area contributed by atoms with E-state index in [0.29, 0.717) is 26.4 Å². The molecular formula is C12H24NO4P. The second kappa shape index (κ2) is 7.95. The minimum Gasteiger partial charge on any atom is -0.378 e. The molecule has 1 saturated heterocycles. The van der Waals surface area contributed by atoms with Crippen LogP contribution in [0.2, 0.25) is 0 Å². The fraction of sp³-hybridized carbons (Fsp3) is 0.833. The molecule has 0 unspecified atom stereocenters. The van der Waals surface area contributed by atoms with Crippen LogP contribution in [0.15, 0.2) is 11.5 Å². The van der Waals surface area contributed by atoms with Gasteiger partial charge in [0.15, 0.2) is 0 Å². The first-order valence-electron chi connectivity index (χ1n) is 6.58. The standard InChI is InChI=1S/C12H24NO4P/c1-4-12(13-7-9-15-10-8-13)11-18(14,16-5-2)17-6-3/h11H,4-10H2,1-3H3/b12-11+. The topological polar surface area (TPSA) is 48.0 Å². The van der Waals surface area contributed by atoms with Crippen LogP contribution in [0.4, 0.5) is 0 Å². The maximum absolute atomic E-state index is 12.4. The van der Waals surface area contributed by atoms with Crippen LogP contribution in [0, 0.1) is 0 Å². The van der Waals surface area contributed by atoms with Gasteiger partial charge in [-0.2, -0.15) is 0 Å². The van der Waals surface area contributed by atoms with E-state index in [1.165, 1.54) is 0 Å². The second-order valence-electron chi connectivity index (χ2n) is 3.95. The molecule has 0 atom stereocenters. The quantitative estimate of drug-likeness (QED) is 0.670. The van der Waals surface area contributed by atoms with Crippen LogP contribution in [0.1, 0.15) is 27.2 Å². The average Bonchev–Trinajstić information content (AvgIpc) is 2.38. The molecule has 0 amide bonds. The van der Waals surface area contributed by atoms with Crippen LogP contribution in [0.5, 0.6) is 0 Å². The van der Waals surface area contributed by atoms with E-state index in [2.05, 4.69) is 4.90 Å². The van der Waals surface area contributed by atoms with Crippen molar-refractivity contribution in [2.75, 3.05) is 39.5 Å². The number of allylic oxidation sites excluding steroid dienone is 1. The molecule has 0 aromatic carbocycles. The fourth-order valence-electron chi connectivity index (χ4n) is 1.90. The van der Waals surface area contributed by atoms with Crippen LogP contribution in [-0.2, 0) is 18.3 Å². The molecule has 0 aromatic rings. The lowest BCUT2D eigenvalue weighted by molar-refractivity contribution is 0.0523.